The second-order valence-corrected chi connectivity index (χ2v) is 4.81. The van der Waals surface area contributed by atoms with Gasteiger partial charge in [-0.25, -0.2) is 0 Å². The van der Waals surface area contributed by atoms with Crippen LogP contribution in [-0.4, -0.2) is 19.6 Å². The number of benzene rings is 1. The monoisotopic (exact) mass is 268 g/mol. The van der Waals surface area contributed by atoms with E-state index in [1.165, 1.54) is 0 Å². The highest BCUT2D eigenvalue weighted by Crippen LogP contribution is 2.41. The third kappa shape index (κ3) is 2.18. The summed E-state index contributed by atoms with van der Waals surface area (Å²) in [6.45, 7) is 2.23. The minimum absolute atomic E-state index is 0.00610. The molecule has 98 valence electrons. The summed E-state index contributed by atoms with van der Waals surface area (Å²) < 4.78 is 5.20. The van der Waals surface area contributed by atoms with Crippen molar-refractivity contribution in [1.29, 1.82) is 0 Å². The average Bonchev–Trinajstić information content (AvgIpc) is 2.49. The zero-order chi connectivity index (χ0) is 13.3. The first-order valence-corrected chi connectivity index (χ1v) is 6.34. The molecular formula is C13H17ClN2O2. The minimum Gasteiger partial charge on any atom is -0.495 e. The van der Waals surface area contributed by atoms with E-state index in [1.807, 2.05) is 6.07 Å². The van der Waals surface area contributed by atoms with Crippen LogP contribution in [0.3, 0.4) is 0 Å². The van der Waals surface area contributed by atoms with E-state index < -0.39 is 0 Å². The van der Waals surface area contributed by atoms with E-state index >= 15 is 0 Å². The first kappa shape index (κ1) is 13.2. The Balaban J connectivity index is 2.60. The summed E-state index contributed by atoms with van der Waals surface area (Å²) in [6.07, 6.45) is 1.68. The molecule has 2 rings (SSSR count). The summed E-state index contributed by atoms with van der Waals surface area (Å²) in [4.78, 5) is 13.4. The van der Waals surface area contributed by atoms with Gasteiger partial charge < -0.3 is 15.4 Å². The smallest absolute Gasteiger partial charge is 0.223 e. The van der Waals surface area contributed by atoms with Gasteiger partial charge in [-0.3, -0.25) is 4.79 Å². The summed E-state index contributed by atoms with van der Waals surface area (Å²) in [7, 11) is 1.57. The van der Waals surface area contributed by atoms with Crippen molar-refractivity contribution >= 4 is 23.2 Å². The van der Waals surface area contributed by atoms with Gasteiger partial charge in [0.25, 0.3) is 0 Å². The Labute approximate surface area is 112 Å². The van der Waals surface area contributed by atoms with Crippen molar-refractivity contribution < 1.29 is 9.53 Å². The Morgan fingerprint density at radius 2 is 2.28 bits per heavy atom. The second-order valence-electron chi connectivity index (χ2n) is 4.43. The molecule has 5 heteroatoms. The van der Waals surface area contributed by atoms with Crippen LogP contribution >= 0.6 is 11.6 Å². The molecule has 0 bridgehead atoms. The minimum atomic E-state index is -0.160. The highest BCUT2D eigenvalue weighted by atomic mass is 35.5. The van der Waals surface area contributed by atoms with E-state index in [1.54, 1.807) is 25.0 Å². The molecule has 2 N–H and O–H groups in total. The van der Waals surface area contributed by atoms with Crippen LogP contribution in [0.15, 0.2) is 12.1 Å². The van der Waals surface area contributed by atoms with Gasteiger partial charge in [-0.2, -0.15) is 0 Å². The predicted molar refractivity (Wildman–Crippen MR) is 72.2 cm³/mol. The Morgan fingerprint density at radius 1 is 1.56 bits per heavy atom. The van der Waals surface area contributed by atoms with E-state index in [0.717, 1.165) is 24.1 Å². The summed E-state index contributed by atoms with van der Waals surface area (Å²) in [5.74, 6) is 0.600. The third-order valence-electron chi connectivity index (χ3n) is 3.28. The molecule has 0 spiro atoms. The topological polar surface area (TPSA) is 55.6 Å². The van der Waals surface area contributed by atoms with Crippen LogP contribution in [0.5, 0.6) is 5.75 Å². The third-order valence-corrected chi connectivity index (χ3v) is 3.67. The quantitative estimate of drug-likeness (QED) is 0.851. The first-order valence-electron chi connectivity index (χ1n) is 5.96. The van der Waals surface area contributed by atoms with Gasteiger partial charge in [-0.15, -0.1) is 0 Å². The van der Waals surface area contributed by atoms with Crippen LogP contribution in [-0.2, 0) is 4.79 Å². The Kier molecular flexibility index (Phi) is 3.78. The number of nitrogens with zero attached hydrogens (tertiary/aromatic N) is 1. The maximum atomic E-state index is 11.7. The molecule has 0 saturated carbocycles. The predicted octanol–water partition coefficient (Wildman–Crippen LogP) is 2.50. The molecule has 1 atom stereocenters. The number of carbonyl (C=O) groups excluding carboxylic acids is 1. The molecule has 0 radical (unpaired) electrons. The van der Waals surface area contributed by atoms with Crippen molar-refractivity contribution in [2.24, 2.45) is 5.73 Å². The largest absolute Gasteiger partial charge is 0.495 e. The normalized spacial score (nSPS) is 19.1. The first-order chi connectivity index (χ1) is 8.56. The molecule has 1 unspecified atom stereocenters. The fraction of sp³-hybridized carbons (Fsp3) is 0.462. The van der Waals surface area contributed by atoms with Gasteiger partial charge in [0, 0.05) is 25.1 Å². The fourth-order valence-corrected chi connectivity index (χ4v) is 2.75. The van der Waals surface area contributed by atoms with E-state index in [9.17, 15) is 4.79 Å². The van der Waals surface area contributed by atoms with Crippen molar-refractivity contribution in [2.75, 3.05) is 18.6 Å². The molecule has 0 aromatic heterocycles. The number of halogens is 1. The Hall–Kier alpha value is -1.26. The standard InChI is InChI=1S/C13H17ClN2O2/c1-8(17)16-7-3-4-9(15)12-10(16)5-6-11(18-2)13(12)14/h5-6,9H,3-4,7,15H2,1-2H3. The van der Waals surface area contributed by atoms with E-state index in [2.05, 4.69) is 0 Å². The number of fused-ring (bicyclic) bond motifs is 1. The number of anilines is 1. The molecule has 0 fully saturated rings. The number of methoxy groups -OCH3 is 1. The number of rotatable bonds is 1. The number of hydrogen-bond donors (Lipinski definition) is 1. The molecule has 0 saturated heterocycles. The number of nitrogens with two attached hydrogens (primary N) is 1. The number of hydrogen-bond acceptors (Lipinski definition) is 3. The van der Waals surface area contributed by atoms with Crippen molar-refractivity contribution in [3.05, 3.63) is 22.7 Å². The number of amides is 1. The molecule has 1 heterocycles. The van der Waals surface area contributed by atoms with Gasteiger partial charge in [-0.1, -0.05) is 11.6 Å². The molecule has 18 heavy (non-hydrogen) atoms. The highest BCUT2D eigenvalue weighted by Gasteiger charge is 2.26. The van der Waals surface area contributed by atoms with Gasteiger partial charge in [-0.05, 0) is 25.0 Å². The second kappa shape index (κ2) is 5.16. The molecular weight excluding hydrogens is 252 g/mol. The summed E-state index contributed by atoms with van der Waals surface area (Å²) in [5, 5.41) is 0.510. The maximum absolute atomic E-state index is 11.7. The molecule has 1 aliphatic rings. The highest BCUT2D eigenvalue weighted by molar-refractivity contribution is 6.33. The van der Waals surface area contributed by atoms with Crippen molar-refractivity contribution in [1.82, 2.24) is 0 Å². The van der Waals surface area contributed by atoms with Gasteiger partial charge in [0.1, 0.15) is 5.75 Å². The lowest BCUT2D eigenvalue weighted by Gasteiger charge is -2.23. The summed E-state index contributed by atoms with van der Waals surface area (Å²) in [5.41, 5.74) is 7.77. The molecule has 1 aromatic rings. The van der Waals surface area contributed by atoms with Crippen LogP contribution in [0, 0.1) is 0 Å². The van der Waals surface area contributed by atoms with Crippen molar-refractivity contribution in [3.63, 3.8) is 0 Å². The van der Waals surface area contributed by atoms with Crippen LogP contribution < -0.4 is 15.4 Å². The molecule has 1 amide bonds. The van der Waals surface area contributed by atoms with Crippen LogP contribution in [0.1, 0.15) is 31.4 Å². The van der Waals surface area contributed by atoms with Gasteiger partial charge in [0.2, 0.25) is 5.91 Å². The van der Waals surface area contributed by atoms with Crippen molar-refractivity contribution in [2.45, 2.75) is 25.8 Å². The Bertz CT molecular complexity index is 476. The maximum Gasteiger partial charge on any atom is 0.223 e. The molecule has 0 aliphatic carbocycles. The van der Waals surface area contributed by atoms with Crippen molar-refractivity contribution in [3.8, 4) is 5.75 Å². The Morgan fingerprint density at radius 3 is 2.89 bits per heavy atom. The van der Waals surface area contributed by atoms with E-state index in [0.29, 0.717) is 17.3 Å². The molecule has 1 aromatic carbocycles. The van der Waals surface area contributed by atoms with Crippen LogP contribution in [0.25, 0.3) is 0 Å². The lowest BCUT2D eigenvalue weighted by Crippen LogP contribution is -2.29. The average molecular weight is 269 g/mol. The lowest BCUT2D eigenvalue weighted by molar-refractivity contribution is -0.116. The van der Waals surface area contributed by atoms with Crippen LogP contribution in [0.4, 0.5) is 5.69 Å². The zero-order valence-electron chi connectivity index (χ0n) is 10.6. The van der Waals surface area contributed by atoms with E-state index in [-0.39, 0.29) is 11.9 Å². The van der Waals surface area contributed by atoms with Gasteiger partial charge in [0.05, 0.1) is 17.8 Å². The lowest BCUT2D eigenvalue weighted by atomic mass is 10.0. The van der Waals surface area contributed by atoms with E-state index in [4.69, 9.17) is 22.1 Å². The van der Waals surface area contributed by atoms with Gasteiger partial charge >= 0.3 is 0 Å². The van der Waals surface area contributed by atoms with Crippen LogP contribution in [0.2, 0.25) is 5.02 Å². The SMILES string of the molecule is COc1ccc2c(c1Cl)C(N)CCCN2C(C)=O. The fourth-order valence-electron chi connectivity index (χ4n) is 2.37. The summed E-state index contributed by atoms with van der Waals surface area (Å²) in [6, 6.07) is 3.47. The zero-order valence-corrected chi connectivity index (χ0v) is 11.3. The summed E-state index contributed by atoms with van der Waals surface area (Å²) >= 11 is 6.32. The number of ether oxygens (including phenoxy) is 1. The molecule has 4 nitrogen and oxygen atoms in total. The molecule has 1 aliphatic heterocycles. The number of carbonyl (C=O) groups is 1. The van der Waals surface area contributed by atoms with Gasteiger partial charge in [0.15, 0.2) is 0 Å².